The van der Waals surface area contributed by atoms with Gasteiger partial charge in [-0.15, -0.1) is 10.2 Å². The first-order valence-electron chi connectivity index (χ1n) is 7.79. The minimum atomic E-state index is 0.184. The van der Waals surface area contributed by atoms with Gasteiger partial charge in [-0.2, -0.15) is 0 Å². The molecule has 0 aliphatic heterocycles. The van der Waals surface area contributed by atoms with Gasteiger partial charge in [0.05, 0.1) is 0 Å². The van der Waals surface area contributed by atoms with Crippen LogP contribution in [0.2, 0.25) is 10.0 Å². The predicted octanol–water partition coefficient (Wildman–Crippen LogP) is 6.08. The average Bonchev–Trinajstić information content (AvgIpc) is 3.15. The van der Waals surface area contributed by atoms with E-state index in [4.69, 9.17) is 27.6 Å². The van der Waals surface area contributed by atoms with Crippen LogP contribution < -0.4 is 0 Å². The molecule has 0 amide bonds. The molecule has 0 bridgehead atoms. The lowest BCUT2D eigenvalue weighted by Crippen LogP contribution is -1.82. The number of halogens is 2. The Morgan fingerprint density at radius 3 is 1.85 bits per heavy atom. The molecule has 0 unspecified atom stereocenters. The Kier molecular flexibility index (Phi) is 4.37. The topological polar surface area (TPSA) is 59.2 Å². The zero-order chi connectivity index (χ0) is 18.1. The molecule has 26 heavy (non-hydrogen) atoms. The maximum absolute atomic E-state index is 9.36. The number of phenolic OH excluding ortho intramolecular Hbond substituents is 1. The van der Waals surface area contributed by atoms with Crippen molar-refractivity contribution in [1.29, 1.82) is 0 Å². The first kappa shape index (κ1) is 16.6. The molecule has 128 valence electrons. The lowest BCUT2D eigenvalue weighted by atomic mass is 10.0. The summed E-state index contributed by atoms with van der Waals surface area (Å²) in [6, 6.07) is 19.6. The number of aromatic nitrogens is 2. The van der Waals surface area contributed by atoms with Gasteiger partial charge in [0.2, 0.25) is 11.8 Å². The molecule has 0 saturated carbocycles. The predicted molar refractivity (Wildman–Crippen MR) is 102 cm³/mol. The first-order chi connectivity index (χ1) is 12.6. The Balaban J connectivity index is 1.63. The van der Waals surface area contributed by atoms with Crippen molar-refractivity contribution in [2.24, 2.45) is 0 Å². The highest BCUT2D eigenvalue weighted by molar-refractivity contribution is 6.35. The fourth-order valence-electron chi connectivity index (χ4n) is 2.57. The zero-order valence-electron chi connectivity index (χ0n) is 13.4. The molecule has 0 fully saturated rings. The monoisotopic (exact) mass is 382 g/mol. The minimum absolute atomic E-state index is 0.184. The summed E-state index contributed by atoms with van der Waals surface area (Å²) in [6.07, 6.45) is 0. The molecule has 6 heteroatoms. The van der Waals surface area contributed by atoms with Crippen molar-refractivity contribution in [3.8, 4) is 39.8 Å². The van der Waals surface area contributed by atoms with Crippen molar-refractivity contribution in [3.05, 3.63) is 76.8 Å². The molecule has 0 radical (unpaired) electrons. The van der Waals surface area contributed by atoms with Gasteiger partial charge < -0.3 is 9.52 Å². The van der Waals surface area contributed by atoms with Crippen LogP contribution in [0.4, 0.5) is 0 Å². The summed E-state index contributed by atoms with van der Waals surface area (Å²) in [6.45, 7) is 0. The van der Waals surface area contributed by atoms with Crippen molar-refractivity contribution in [2.75, 3.05) is 0 Å². The number of hydrogen-bond acceptors (Lipinski definition) is 4. The van der Waals surface area contributed by atoms with E-state index in [2.05, 4.69) is 10.2 Å². The normalized spacial score (nSPS) is 10.8. The van der Waals surface area contributed by atoms with Gasteiger partial charge in [-0.1, -0.05) is 35.3 Å². The van der Waals surface area contributed by atoms with E-state index in [-0.39, 0.29) is 5.75 Å². The molecule has 1 aromatic heterocycles. The average molecular weight is 383 g/mol. The summed E-state index contributed by atoms with van der Waals surface area (Å²) < 4.78 is 5.73. The van der Waals surface area contributed by atoms with Gasteiger partial charge in [-0.3, -0.25) is 0 Å². The molecule has 3 aromatic carbocycles. The molecular weight excluding hydrogens is 371 g/mol. The lowest BCUT2D eigenvalue weighted by molar-refractivity contribution is 0.475. The van der Waals surface area contributed by atoms with Gasteiger partial charge in [-0.25, -0.2) is 0 Å². The van der Waals surface area contributed by atoms with Crippen LogP contribution in [0.1, 0.15) is 0 Å². The SMILES string of the molecule is Oc1ccc(-c2nnc(-c3ccc(-c4cc(Cl)ccc4Cl)cc3)o2)cc1. The Labute approximate surface area is 159 Å². The molecule has 1 N–H and O–H groups in total. The van der Waals surface area contributed by atoms with Crippen molar-refractivity contribution >= 4 is 23.2 Å². The van der Waals surface area contributed by atoms with E-state index in [9.17, 15) is 5.11 Å². The van der Waals surface area contributed by atoms with Gasteiger partial charge in [0.1, 0.15) is 5.75 Å². The Morgan fingerprint density at radius 2 is 1.23 bits per heavy atom. The quantitative estimate of drug-likeness (QED) is 0.466. The van der Waals surface area contributed by atoms with Gasteiger partial charge >= 0.3 is 0 Å². The molecule has 0 aliphatic carbocycles. The number of rotatable bonds is 3. The van der Waals surface area contributed by atoms with E-state index >= 15 is 0 Å². The maximum Gasteiger partial charge on any atom is 0.248 e. The third-order valence-corrected chi connectivity index (χ3v) is 4.48. The standard InChI is InChI=1S/C20H12Cl2N2O2/c21-15-7-10-18(22)17(11-15)12-1-3-13(4-2-12)19-23-24-20(26-19)14-5-8-16(25)9-6-14/h1-11,25H. The molecule has 0 saturated heterocycles. The molecule has 4 aromatic rings. The van der Waals surface area contributed by atoms with Crippen LogP contribution in [0.15, 0.2) is 71.1 Å². The highest BCUT2D eigenvalue weighted by atomic mass is 35.5. The van der Waals surface area contributed by atoms with Crippen molar-refractivity contribution in [2.45, 2.75) is 0 Å². The highest BCUT2D eigenvalue weighted by Gasteiger charge is 2.11. The van der Waals surface area contributed by atoms with Crippen LogP contribution in [0, 0.1) is 0 Å². The lowest BCUT2D eigenvalue weighted by Gasteiger charge is -2.05. The van der Waals surface area contributed by atoms with Crippen molar-refractivity contribution in [1.82, 2.24) is 10.2 Å². The third kappa shape index (κ3) is 3.29. The van der Waals surface area contributed by atoms with E-state index in [1.54, 1.807) is 36.4 Å². The summed E-state index contributed by atoms with van der Waals surface area (Å²) in [4.78, 5) is 0. The maximum atomic E-state index is 9.36. The third-order valence-electron chi connectivity index (χ3n) is 3.91. The van der Waals surface area contributed by atoms with Crippen LogP contribution in [0.25, 0.3) is 34.0 Å². The molecule has 0 atom stereocenters. The number of aromatic hydroxyl groups is 1. The number of nitrogens with zero attached hydrogens (tertiary/aromatic N) is 2. The van der Waals surface area contributed by atoms with E-state index in [0.717, 1.165) is 22.3 Å². The summed E-state index contributed by atoms with van der Waals surface area (Å²) >= 11 is 12.3. The van der Waals surface area contributed by atoms with E-state index in [0.29, 0.717) is 21.8 Å². The summed E-state index contributed by atoms with van der Waals surface area (Å²) in [7, 11) is 0. The molecule has 4 rings (SSSR count). The first-order valence-corrected chi connectivity index (χ1v) is 8.54. The number of phenols is 1. The van der Waals surface area contributed by atoms with Crippen LogP contribution in [0.5, 0.6) is 5.75 Å². The minimum Gasteiger partial charge on any atom is -0.508 e. The molecule has 0 spiro atoms. The van der Waals surface area contributed by atoms with E-state index < -0.39 is 0 Å². The molecule has 4 nitrogen and oxygen atoms in total. The summed E-state index contributed by atoms with van der Waals surface area (Å²) in [5, 5.41) is 18.8. The van der Waals surface area contributed by atoms with Crippen LogP contribution >= 0.6 is 23.2 Å². The van der Waals surface area contributed by atoms with E-state index in [1.165, 1.54) is 0 Å². The summed E-state index contributed by atoms with van der Waals surface area (Å²) in [5.41, 5.74) is 3.34. The van der Waals surface area contributed by atoms with Gasteiger partial charge in [0, 0.05) is 26.7 Å². The largest absolute Gasteiger partial charge is 0.508 e. The Bertz CT molecular complexity index is 1060. The van der Waals surface area contributed by atoms with Crippen LogP contribution in [-0.2, 0) is 0 Å². The fraction of sp³-hybridized carbons (Fsp3) is 0. The van der Waals surface area contributed by atoms with Gasteiger partial charge in [0.15, 0.2) is 0 Å². The summed E-state index contributed by atoms with van der Waals surface area (Å²) in [5.74, 6) is 0.988. The molecule has 1 heterocycles. The zero-order valence-corrected chi connectivity index (χ0v) is 14.9. The smallest absolute Gasteiger partial charge is 0.248 e. The van der Waals surface area contributed by atoms with Crippen LogP contribution in [-0.4, -0.2) is 15.3 Å². The second kappa shape index (κ2) is 6.83. The fourth-order valence-corrected chi connectivity index (χ4v) is 2.97. The van der Waals surface area contributed by atoms with Gasteiger partial charge in [0.25, 0.3) is 0 Å². The van der Waals surface area contributed by atoms with E-state index in [1.807, 2.05) is 30.3 Å². The number of benzene rings is 3. The molecular formula is C20H12Cl2N2O2. The Hall–Kier alpha value is -2.82. The van der Waals surface area contributed by atoms with Crippen molar-refractivity contribution in [3.63, 3.8) is 0 Å². The van der Waals surface area contributed by atoms with Gasteiger partial charge in [-0.05, 0) is 60.2 Å². The highest BCUT2D eigenvalue weighted by Crippen LogP contribution is 2.32. The van der Waals surface area contributed by atoms with Crippen LogP contribution in [0.3, 0.4) is 0 Å². The second-order valence-corrected chi connectivity index (χ2v) is 6.50. The second-order valence-electron chi connectivity index (χ2n) is 5.66. The Morgan fingerprint density at radius 1 is 0.692 bits per heavy atom. The molecule has 0 aliphatic rings. The number of hydrogen-bond donors (Lipinski definition) is 1. The van der Waals surface area contributed by atoms with Crippen molar-refractivity contribution < 1.29 is 9.52 Å².